The Morgan fingerprint density at radius 1 is 0.696 bits per heavy atom. The minimum atomic E-state index is 0.743. The fourth-order valence-corrected chi connectivity index (χ4v) is 2.37. The molecule has 3 heterocycles. The van der Waals surface area contributed by atoms with E-state index in [1.807, 2.05) is 60.8 Å². The summed E-state index contributed by atoms with van der Waals surface area (Å²) in [6.07, 6.45) is 5.40. The quantitative estimate of drug-likeness (QED) is 0.582. The highest BCUT2D eigenvalue weighted by Crippen LogP contribution is 2.23. The lowest BCUT2D eigenvalue weighted by Gasteiger charge is -2.02. The van der Waals surface area contributed by atoms with Crippen molar-refractivity contribution in [2.24, 2.45) is 0 Å². The molecule has 0 fully saturated rings. The molecule has 0 aliphatic heterocycles. The minimum absolute atomic E-state index is 0.743. The first-order chi connectivity index (χ1) is 11.4. The first kappa shape index (κ1) is 13.3. The van der Waals surface area contributed by atoms with E-state index in [0.717, 1.165) is 28.3 Å². The van der Waals surface area contributed by atoms with Crippen LogP contribution in [0.15, 0.2) is 79.3 Å². The van der Waals surface area contributed by atoms with Crippen LogP contribution in [0.5, 0.6) is 0 Å². The molecule has 5 nitrogen and oxygen atoms in total. The van der Waals surface area contributed by atoms with Crippen LogP contribution < -0.4 is 0 Å². The summed E-state index contributed by atoms with van der Waals surface area (Å²) in [7, 11) is 0. The summed E-state index contributed by atoms with van der Waals surface area (Å²) in [5.74, 6) is 0.743. The molecular formula is C18H13N5. The molecule has 0 radical (unpaired) electrons. The third kappa shape index (κ3) is 2.72. The second-order valence-electron chi connectivity index (χ2n) is 5.03. The van der Waals surface area contributed by atoms with E-state index >= 15 is 0 Å². The van der Waals surface area contributed by atoms with Crippen molar-refractivity contribution < 1.29 is 0 Å². The highest BCUT2D eigenvalue weighted by molar-refractivity contribution is 5.68. The summed E-state index contributed by atoms with van der Waals surface area (Å²) < 4.78 is 1.67. The Morgan fingerprint density at radius 3 is 2.22 bits per heavy atom. The fraction of sp³-hybridized carbons (Fsp3) is 0. The van der Waals surface area contributed by atoms with Crippen LogP contribution in [0.25, 0.3) is 28.3 Å². The third-order valence-electron chi connectivity index (χ3n) is 3.50. The van der Waals surface area contributed by atoms with Gasteiger partial charge in [-0.1, -0.05) is 35.5 Å². The molecular weight excluding hydrogens is 286 g/mol. The molecule has 0 atom stereocenters. The minimum Gasteiger partial charge on any atom is -0.256 e. The lowest BCUT2D eigenvalue weighted by atomic mass is 10.1. The first-order valence-electron chi connectivity index (χ1n) is 7.26. The van der Waals surface area contributed by atoms with Crippen molar-refractivity contribution in [1.29, 1.82) is 0 Å². The van der Waals surface area contributed by atoms with Gasteiger partial charge in [0.25, 0.3) is 0 Å². The Hall–Kier alpha value is -3.34. The normalized spacial score (nSPS) is 10.6. The summed E-state index contributed by atoms with van der Waals surface area (Å²) in [4.78, 5) is 8.66. The van der Waals surface area contributed by atoms with E-state index in [0.29, 0.717) is 0 Å². The van der Waals surface area contributed by atoms with Gasteiger partial charge in [-0.2, -0.15) is 0 Å². The molecule has 0 spiro atoms. The molecule has 23 heavy (non-hydrogen) atoms. The van der Waals surface area contributed by atoms with E-state index < -0.39 is 0 Å². The number of hydrogen-bond donors (Lipinski definition) is 0. The Kier molecular flexibility index (Phi) is 3.37. The molecule has 0 bridgehead atoms. The zero-order valence-electron chi connectivity index (χ0n) is 12.2. The molecule has 0 aliphatic rings. The Bertz CT molecular complexity index is 916. The van der Waals surface area contributed by atoms with Gasteiger partial charge in [-0.05, 0) is 30.3 Å². The van der Waals surface area contributed by atoms with Gasteiger partial charge in [0, 0.05) is 23.5 Å². The van der Waals surface area contributed by atoms with Crippen molar-refractivity contribution in [3.63, 3.8) is 0 Å². The molecule has 0 saturated heterocycles. The monoisotopic (exact) mass is 299 g/mol. The van der Waals surface area contributed by atoms with Crippen molar-refractivity contribution in [1.82, 2.24) is 25.0 Å². The highest BCUT2D eigenvalue weighted by Gasteiger charge is 2.07. The van der Waals surface area contributed by atoms with Gasteiger partial charge in [0.15, 0.2) is 5.82 Å². The summed E-state index contributed by atoms with van der Waals surface area (Å²) in [6.45, 7) is 0. The van der Waals surface area contributed by atoms with Crippen LogP contribution in [0.4, 0.5) is 0 Å². The third-order valence-corrected chi connectivity index (χ3v) is 3.50. The Morgan fingerprint density at radius 2 is 1.48 bits per heavy atom. The maximum Gasteiger partial charge on any atom is 0.155 e. The zero-order chi connectivity index (χ0) is 15.5. The standard InChI is InChI=1S/C18H13N5/c1-3-10-19-16(8-1)14-6-5-7-15(12-14)17-13-23(22-21-17)18-9-2-4-11-20-18/h1-13H. The predicted molar refractivity (Wildman–Crippen MR) is 87.8 cm³/mol. The molecule has 0 unspecified atom stereocenters. The number of benzene rings is 1. The van der Waals surface area contributed by atoms with Gasteiger partial charge in [0.1, 0.15) is 5.69 Å². The zero-order valence-corrected chi connectivity index (χ0v) is 12.2. The molecule has 3 aromatic heterocycles. The lowest BCUT2D eigenvalue weighted by molar-refractivity contribution is 0.782. The molecule has 110 valence electrons. The van der Waals surface area contributed by atoms with E-state index in [2.05, 4.69) is 26.3 Å². The number of nitrogens with zero attached hydrogens (tertiary/aromatic N) is 5. The first-order valence-corrected chi connectivity index (χ1v) is 7.26. The van der Waals surface area contributed by atoms with Gasteiger partial charge < -0.3 is 0 Å². The van der Waals surface area contributed by atoms with E-state index in [4.69, 9.17) is 0 Å². The van der Waals surface area contributed by atoms with Crippen LogP contribution in [0.2, 0.25) is 0 Å². The van der Waals surface area contributed by atoms with Gasteiger partial charge in [-0.15, -0.1) is 5.10 Å². The van der Waals surface area contributed by atoms with Gasteiger partial charge in [0.05, 0.1) is 11.9 Å². The van der Waals surface area contributed by atoms with Crippen LogP contribution in [0.3, 0.4) is 0 Å². The maximum atomic E-state index is 4.39. The van der Waals surface area contributed by atoms with E-state index in [1.165, 1.54) is 0 Å². The summed E-state index contributed by atoms with van der Waals surface area (Å²) in [5, 5.41) is 8.40. The van der Waals surface area contributed by atoms with Crippen molar-refractivity contribution in [3.8, 4) is 28.3 Å². The van der Waals surface area contributed by atoms with Gasteiger partial charge in [-0.25, -0.2) is 9.67 Å². The number of hydrogen-bond acceptors (Lipinski definition) is 4. The molecule has 0 N–H and O–H groups in total. The van der Waals surface area contributed by atoms with Crippen LogP contribution >= 0.6 is 0 Å². The van der Waals surface area contributed by atoms with Crippen LogP contribution in [-0.2, 0) is 0 Å². The van der Waals surface area contributed by atoms with Gasteiger partial charge >= 0.3 is 0 Å². The van der Waals surface area contributed by atoms with Crippen molar-refractivity contribution in [2.75, 3.05) is 0 Å². The second-order valence-corrected chi connectivity index (χ2v) is 5.03. The van der Waals surface area contributed by atoms with Gasteiger partial charge in [0.2, 0.25) is 0 Å². The molecule has 4 rings (SSSR count). The lowest BCUT2D eigenvalue weighted by Crippen LogP contribution is -1.96. The average Bonchev–Trinajstić information content (AvgIpc) is 3.14. The number of rotatable bonds is 3. The van der Waals surface area contributed by atoms with E-state index in [1.54, 1.807) is 17.1 Å². The van der Waals surface area contributed by atoms with Crippen molar-refractivity contribution in [2.45, 2.75) is 0 Å². The molecule has 4 aromatic rings. The largest absolute Gasteiger partial charge is 0.256 e. The second kappa shape index (κ2) is 5.81. The van der Waals surface area contributed by atoms with Crippen LogP contribution in [0.1, 0.15) is 0 Å². The molecule has 0 amide bonds. The maximum absolute atomic E-state index is 4.39. The highest BCUT2D eigenvalue weighted by atomic mass is 15.4. The van der Waals surface area contributed by atoms with Crippen LogP contribution in [-0.4, -0.2) is 25.0 Å². The smallest absolute Gasteiger partial charge is 0.155 e. The van der Waals surface area contributed by atoms with Crippen molar-refractivity contribution >= 4 is 0 Å². The van der Waals surface area contributed by atoms with E-state index in [-0.39, 0.29) is 0 Å². The Labute approximate surface area is 133 Å². The molecule has 0 aliphatic carbocycles. The van der Waals surface area contributed by atoms with Gasteiger partial charge in [-0.3, -0.25) is 4.98 Å². The average molecular weight is 299 g/mol. The fourth-order valence-electron chi connectivity index (χ4n) is 2.37. The molecule has 0 saturated carbocycles. The summed E-state index contributed by atoms with van der Waals surface area (Å²) in [6, 6.07) is 19.7. The summed E-state index contributed by atoms with van der Waals surface area (Å²) in [5.41, 5.74) is 3.78. The topological polar surface area (TPSA) is 56.5 Å². The predicted octanol–water partition coefficient (Wildman–Crippen LogP) is 3.39. The van der Waals surface area contributed by atoms with Crippen molar-refractivity contribution in [3.05, 3.63) is 79.3 Å². The SMILES string of the molecule is c1ccc(-c2cccc(-c3cn(-c4ccccn4)nn3)c2)nc1. The molecule has 5 heteroatoms. The number of pyridine rings is 2. The van der Waals surface area contributed by atoms with Crippen LogP contribution in [0, 0.1) is 0 Å². The summed E-state index contributed by atoms with van der Waals surface area (Å²) >= 11 is 0. The molecule has 1 aromatic carbocycles. The van der Waals surface area contributed by atoms with E-state index in [9.17, 15) is 0 Å². The number of aromatic nitrogens is 5. The Balaban J connectivity index is 1.71.